The smallest absolute Gasteiger partial charge is 0.275 e. The van der Waals surface area contributed by atoms with E-state index >= 15 is 0 Å². The highest BCUT2D eigenvalue weighted by Gasteiger charge is 2.32. The molecule has 4 rings (SSSR count). The molecule has 2 heterocycles. The Morgan fingerprint density at radius 1 is 1.08 bits per heavy atom. The summed E-state index contributed by atoms with van der Waals surface area (Å²) in [5.74, 6) is -0.917. The van der Waals surface area contributed by atoms with Gasteiger partial charge in [-0.2, -0.15) is 4.98 Å². The Labute approximate surface area is 214 Å². The Balaban J connectivity index is 1.73. The van der Waals surface area contributed by atoms with Crippen molar-refractivity contribution in [1.29, 1.82) is 0 Å². The zero-order chi connectivity index (χ0) is 26.5. The predicted octanol–water partition coefficient (Wildman–Crippen LogP) is 3.65. The van der Waals surface area contributed by atoms with Crippen molar-refractivity contribution in [2.75, 3.05) is 33.9 Å². The number of nitrogens with zero attached hydrogens (tertiary/aromatic N) is 3. The number of hydrogen-bond acceptors (Lipinski definition) is 7. The van der Waals surface area contributed by atoms with Gasteiger partial charge in [-0.05, 0) is 49.4 Å². The Hall–Kier alpha value is -3.92. The van der Waals surface area contributed by atoms with E-state index in [1.54, 1.807) is 43.3 Å². The van der Waals surface area contributed by atoms with Crippen molar-refractivity contribution in [3.8, 4) is 23.1 Å². The molecule has 37 heavy (non-hydrogen) atoms. The van der Waals surface area contributed by atoms with Gasteiger partial charge in [0, 0.05) is 19.7 Å². The molecule has 1 fully saturated rings. The predicted molar refractivity (Wildman–Crippen MR) is 134 cm³/mol. The number of aromatic nitrogens is 2. The molecule has 1 saturated heterocycles. The Bertz CT molecular complexity index is 1310. The van der Waals surface area contributed by atoms with E-state index in [-0.39, 0.29) is 29.9 Å². The van der Waals surface area contributed by atoms with Gasteiger partial charge in [0.2, 0.25) is 5.88 Å². The zero-order valence-corrected chi connectivity index (χ0v) is 21.1. The van der Waals surface area contributed by atoms with Crippen molar-refractivity contribution < 1.29 is 28.5 Å². The molecule has 2 aromatic carbocycles. The third kappa shape index (κ3) is 5.15. The topological polar surface area (TPSA) is 103 Å². The fraction of sp³-hybridized carbons (Fsp3) is 0.370. The number of methoxy groups -OCH3 is 2. The van der Waals surface area contributed by atoms with Gasteiger partial charge in [-0.3, -0.25) is 14.2 Å². The van der Waals surface area contributed by atoms with Crippen LogP contribution < -0.4 is 15.0 Å². The van der Waals surface area contributed by atoms with Crippen molar-refractivity contribution in [2.24, 2.45) is 0 Å². The summed E-state index contributed by atoms with van der Waals surface area (Å²) in [7, 11) is 2.90. The van der Waals surface area contributed by atoms with Crippen LogP contribution in [0.25, 0.3) is 5.69 Å². The van der Waals surface area contributed by atoms with Gasteiger partial charge in [0.15, 0.2) is 5.56 Å². The first kappa shape index (κ1) is 26.2. The number of carbonyl (C=O) groups excluding carboxylic acids is 1. The number of ether oxygens (including phenoxy) is 3. The third-order valence-corrected chi connectivity index (χ3v) is 6.54. The molecule has 9 nitrogen and oxygen atoms in total. The minimum atomic E-state index is -0.772. The standard InChI is InChI=1S/C27H30FN3O6/c1-4-37-16-22-29-25(32)23(27(34)31(22)24-20(35-2)10-7-11-21(24)36-3)26(33)30-14-12-17(13-15-30)18-8-5-6-9-19(18)28/h5-11,17,32H,4,12-16H2,1-3H3. The van der Waals surface area contributed by atoms with E-state index in [1.807, 2.05) is 0 Å². The minimum Gasteiger partial charge on any atom is -0.494 e. The van der Waals surface area contributed by atoms with Crippen molar-refractivity contribution in [3.05, 3.63) is 75.6 Å². The van der Waals surface area contributed by atoms with Crippen LogP contribution in [0.1, 0.15) is 47.4 Å². The van der Waals surface area contributed by atoms with E-state index < -0.39 is 22.9 Å². The second kappa shape index (κ2) is 11.4. The summed E-state index contributed by atoms with van der Waals surface area (Å²) in [5, 5.41) is 10.7. The van der Waals surface area contributed by atoms with Crippen LogP contribution in [-0.4, -0.2) is 59.4 Å². The van der Waals surface area contributed by atoms with E-state index in [2.05, 4.69) is 4.98 Å². The summed E-state index contributed by atoms with van der Waals surface area (Å²) < 4.78 is 31.9. The molecule has 196 valence electrons. The maximum Gasteiger partial charge on any atom is 0.275 e. The van der Waals surface area contributed by atoms with Crippen LogP contribution in [0.5, 0.6) is 17.4 Å². The molecule has 0 bridgehead atoms. The van der Waals surface area contributed by atoms with Gasteiger partial charge >= 0.3 is 0 Å². The second-order valence-corrected chi connectivity index (χ2v) is 8.60. The average Bonchev–Trinajstić information content (AvgIpc) is 2.91. The molecule has 1 aliphatic heterocycles. The minimum absolute atomic E-state index is 0.0416. The number of para-hydroxylation sites is 1. The molecule has 1 aliphatic rings. The molecule has 1 amide bonds. The maximum atomic E-state index is 14.3. The first-order chi connectivity index (χ1) is 17.9. The number of hydrogen-bond donors (Lipinski definition) is 1. The van der Waals surface area contributed by atoms with Crippen LogP contribution in [0.2, 0.25) is 0 Å². The monoisotopic (exact) mass is 511 g/mol. The largest absolute Gasteiger partial charge is 0.494 e. The number of benzene rings is 2. The van der Waals surface area contributed by atoms with Gasteiger partial charge in [0.25, 0.3) is 11.5 Å². The molecule has 0 unspecified atom stereocenters. The average molecular weight is 512 g/mol. The van der Waals surface area contributed by atoms with Crippen molar-refractivity contribution in [2.45, 2.75) is 32.3 Å². The molecule has 0 aliphatic carbocycles. The van der Waals surface area contributed by atoms with Gasteiger partial charge < -0.3 is 24.2 Å². The highest BCUT2D eigenvalue weighted by molar-refractivity contribution is 5.96. The molecule has 1 aromatic heterocycles. The van der Waals surface area contributed by atoms with Gasteiger partial charge in [-0.25, -0.2) is 4.39 Å². The Kier molecular flexibility index (Phi) is 8.08. The number of rotatable bonds is 8. The number of halogens is 1. The number of amides is 1. The number of aromatic hydroxyl groups is 1. The maximum absolute atomic E-state index is 14.3. The first-order valence-corrected chi connectivity index (χ1v) is 12.1. The normalized spacial score (nSPS) is 14.0. The molecule has 0 saturated carbocycles. The van der Waals surface area contributed by atoms with Gasteiger partial charge in [0.1, 0.15) is 35.4 Å². The summed E-state index contributed by atoms with van der Waals surface area (Å²) in [5.41, 5.74) is -0.374. The lowest BCUT2D eigenvalue weighted by Gasteiger charge is -2.32. The summed E-state index contributed by atoms with van der Waals surface area (Å²) >= 11 is 0. The number of piperidine rings is 1. The fourth-order valence-electron chi connectivity index (χ4n) is 4.67. The lowest BCUT2D eigenvalue weighted by Crippen LogP contribution is -2.42. The van der Waals surface area contributed by atoms with E-state index in [0.29, 0.717) is 49.6 Å². The van der Waals surface area contributed by atoms with Crippen LogP contribution in [0, 0.1) is 5.82 Å². The number of likely N-dealkylation sites (tertiary alicyclic amines) is 1. The van der Waals surface area contributed by atoms with Gasteiger partial charge in [0.05, 0.1) is 14.2 Å². The fourth-order valence-corrected chi connectivity index (χ4v) is 4.67. The molecule has 10 heteroatoms. The highest BCUT2D eigenvalue weighted by Crippen LogP contribution is 2.34. The molecule has 0 spiro atoms. The molecule has 1 N–H and O–H groups in total. The van der Waals surface area contributed by atoms with Crippen LogP contribution in [0.3, 0.4) is 0 Å². The van der Waals surface area contributed by atoms with E-state index in [9.17, 15) is 19.1 Å². The molecule has 0 radical (unpaired) electrons. The van der Waals surface area contributed by atoms with Crippen LogP contribution in [0.4, 0.5) is 4.39 Å². The van der Waals surface area contributed by atoms with Crippen LogP contribution in [-0.2, 0) is 11.3 Å². The van der Waals surface area contributed by atoms with Crippen LogP contribution >= 0.6 is 0 Å². The lowest BCUT2D eigenvalue weighted by atomic mass is 9.89. The zero-order valence-electron chi connectivity index (χ0n) is 21.1. The van der Waals surface area contributed by atoms with Gasteiger partial charge in [-0.15, -0.1) is 0 Å². The van der Waals surface area contributed by atoms with E-state index in [1.165, 1.54) is 29.8 Å². The third-order valence-electron chi connectivity index (χ3n) is 6.54. The molecular formula is C27H30FN3O6. The Morgan fingerprint density at radius 2 is 1.73 bits per heavy atom. The quantitative estimate of drug-likeness (QED) is 0.492. The summed E-state index contributed by atoms with van der Waals surface area (Å²) in [4.78, 5) is 33.0. The van der Waals surface area contributed by atoms with Crippen molar-refractivity contribution in [1.82, 2.24) is 14.5 Å². The second-order valence-electron chi connectivity index (χ2n) is 8.60. The Morgan fingerprint density at radius 3 is 2.32 bits per heavy atom. The summed E-state index contributed by atoms with van der Waals surface area (Å²) in [6.45, 7) is 2.64. The van der Waals surface area contributed by atoms with E-state index in [0.717, 1.165) is 0 Å². The highest BCUT2D eigenvalue weighted by atomic mass is 19.1. The SMILES string of the molecule is CCOCc1nc(O)c(C(=O)N2CCC(c3ccccc3F)CC2)c(=O)n1-c1c(OC)cccc1OC. The van der Waals surface area contributed by atoms with Crippen molar-refractivity contribution in [3.63, 3.8) is 0 Å². The van der Waals surface area contributed by atoms with E-state index in [4.69, 9.17) is 14.2 Å². The van der Waals surface area contributed by atoms with Crippen molar-refractivity contribution >= 4 is 5.91 Å². The number of carbonyl (C=O) groups is 1. The summed E-state index contributed by atoms with van der Waals surface area (Å²) in [6.07, 6.45) is 1.05. The summed E-state index contributed by atoms with van der Waals surface area (Å²) in [6, 6.07) is 11.6. The molecular weight excluding hydrogens is 481 g/mol. The van der Waals surface area contributed by atoms with Crippen LogP contribution in [0.15, 0.2) is 47.3 Å². The molecule has 0 atom stereocenters. The van der Waals surface area contributed by atoms with Gasteiger partial charge in [-0.1, -0.05) is 24.3 Å². The lowest BCUT2D eigenvalue weighted by molar-refractivity contribution is 0.0704. The molecule has 3 aromatic rings. The first-order valence-electron chi connectivity index (χ1n) is 12.1.